The normalized spacial score (nSPS) is 17.3. The zero-order valence-electron chi connectivity index (χ0n) is 19.6. The van der Waals surface area contributed by atoms with Crippen LogP contribution in [0.5, 0.6) is 11.5 Å². The summed E-state index contributed by atoms with van der Waals surface area (Å²) in [7, 11) is 0. The lowest BCUT2D eigenvalue weighted by molar-refractivity contribution is -0.144. The lowest BCUT2D eigenvalue weighted by atomic mass is 10.1. The molecule has 1 saturated heterocycles. The average molecular weight is 485 g/mol. The van der Waals surface area contributed by atoms with Crippen molar-refractivity contribution < 1.29 is 23.7 Å². The topological polar surface area (TPSA) is 134 Å². The number of carbonyl (C=O) groups is 1. The Labute approximate surface area is 201 Å². The second-order valence-corrected chi connectivity index (χ2v) is 8.57. The number of ether oxygens (including phenoxy) is 4. The van der Waals surface area contributed by atoms with Gasteiger partial charge in [0.25, 0.3) is 5.56 Å². The highest BCUT2D eigenvalue weighted by Crippen LogP contribution is 2.33. The van der Waals surface area contributed by atoms with Gasteiger partial charge in [-0.15, -0.1) is 5.10 Å². The number of hydrogen-bond donors (Lipinski definition) is 1. The maximum Gasteiger partial charge on any atom is 0.327 e. The molecule has 1 aromatic carbocycles. The minimum absolute atomic E-state index is 0.0569. The summed E-state index contributed by atoms with van der Waals surface area (Å²) in [6.45, 7) is 4.95. The van der Waals surface area contributed by atoms with Gasteiger partial charge in [-0.25, -0.2) is 4.68 Å². The number of tetrazole rings is 1. The zero-order valence-corrected chi connectivity index (χ0v) is 19.6. The van der Waals surface area contributed by atoms with Gasteiger partial charge in [0.05, 0.1) is 24.8 Å². The van der Waals surface area contributed by atoms with Crippen molar-refractivity contribution in [1.82, 2.24) is 30.1 Å². The highest BCUT2D eigenvalue weighted by molar-refractivity contribution is 5.83. The number of rotatable bonds is 9. The summed E-state index contributed by atoms with van der Waals surface area (Å²) in [5.74, 6) is 1.39. The van der Waals surface area contributed by atoms with E-state index in [1.54, 1.807) is 13.0 Å². The Kier molecular flexibility index (Phi) is 6.91. The van der Waals surface area contributed by atoms with Gasteiger partial charge in [-0.3, -0.25) is 14.5 Å². The number of benzene rings is 1. The Hall–Kier alpha value is -3.51. The summed E-state index contributed by atoms with van der Waals surface area (Å²) in [5, 5.41) is 12.6. The van der Waals surface area contributed by atoms with Crippen molar-refractivity contribution in [3.05, 3.63) is 39.9 Å². The van der Waals surface area contributed by atoms with E-state index in [-0.39, 0.29) is 24.8 Å². The van der Waals surface area contributed by atoms with Crippen molar-refractivity contribution in [2.24, 2.45) is 0 Å². The van der Waals surface area contributed by atoms with Gasteiger partial charge in [0.1, 0.15) is 19.8 Å². The predicted octanol–water partition coefficient (Wildman–Crippen LogP) is 1.03. The van der Waals surface area contributed by atoms with E-state index < -0.39 is 5.97 Å². The van der Waals surface area contributed by atoms with E-state index in [1.807, 2.05) is 12.1 Å². The predicted molar refractivity (Wildman–Crippen MR) is 123 cm³/mol. The first-order valence-electron chi connectivity index (χ1n) is 11.8. The lowest BCUT2D eigenvalue weighted by Crippen LogP contribution is -2.34. The Bertz CT molecular complexity index is 1250. The summed E-state index contributed by atoms with van der Waals surface area (Å²) in [5.41, 5.74) is 1.10. The molecule has 1 atom stereocenters. The largest absolute Gasteiger partial charge is 0.486 e. The summed E-state index contributed by atoms with van der Waals surface area (Å²) < 4.78 is 23.6. The molecule has 0 bridgehead atoms. The summed E-state index contributed by atoms with van der Waals surface area (Å²) in [6.07, 6.45) is 2.01. The molecule has 1 N–H and O–H groups in total. The molecular weight excluding hydrogens is 456 g/mol. The van der Waals surface area contributed by atoms with E-state index in [4.69, 9.17) is 18.9 Å². The van der Waals surface area contributed by atoms with E-state index >= 15 is 0 Å². The highest BCUT2D eigenvalue weighted by atomic mass is 16.6. The SMILES string of the molecule is CCOC(=O)Cn1nnnc1CN(Cc1cc2cc3c(cc2[nH]c1=O)OCCO3)C[C@@H]1CCCO1. The van der Waals surface area contributed by atoms with Crippen LogP contribution in [-0.2, 0) is 33.9 Å². The monoisotopic (exact) mass is 484 g/mol. The first kappa shape index (κ1) is 23.2. The number of esters is 1. The summed E-state index contributed by atoms with van der Waals surface area (Å²) in [6, 6.07) is 5.55. The van der Waals surface area contributed by atoms with E-state index in [1.165, 1.54) is 4.68 Å². The van der Waals surface area contributed by atoms with Crippen LogP contribution in [0, 0.1) is 0 Å². The molecule has 3 aromatic rings. The molecule has 12 heteroatoms. The molecule has 186 valence electrons. The molecule has 2 aliphatic rings. The second kappa shape index (κ2) is 10.4. The minimum atomic E-state index is -0.410. The fourth-order valence-electron chi connectivity index (χ4n) is 4.40. The van der Waals surface area contributed by atoms with Crippen LogP contribution < -0.4 is 15.0 Å². The highest BCUT2D eigenvalue weighted by Gasteiger charge is 2.23. The molecule has 2 aliphatic heterocycles. The van der Waals surface area contributed by atoms with Crippen molar-refractivity contribution in [3.63, 3.8) is 0 Å². The lowest BCUT2D eigenvalue weighted by Gasteiger charge is -2.24. The number of carbonyl (C=O) groups excluding carboxylic acids is 1. The Morgan fingerprint density at radius 1 is 1.20 bits per heavy atom. The summed E-state index contributed by atoms with van der Waals surface area (Å²) >= 11 is 0. The van der Waals surface area contributed by atoms with Gasteiger partial charge in [0.15, 0.2) is 17.3 Å². The number of pyridine rings is 1. The number of nitrogens with one attached hydrogen (secondary N) is 1. The molecule has 35 heavy (non-hydrogen) atoms. The third-order valence-electron chi connectivity index (χ3n) is 6.02. The van der Waals surface area contributed by atoms with Crippen molar-refractivity contribution >= 4 is 16.9 Å². The van der Waals surface area contributed by atoms with E-state index in [0.717, 1.165) is 24.8 Å². The van der Waals surface area contributed by atoms with Gasteiger partial charge in [-0.05, 0) is 42.3 Å². The van der Waals surface area contributed by atoms with Crippen LogP contribution in [0.2, 0.25) is 0 Å². The van der Waals surface area contributed by atoms with Crippen LogP contribution in [0.25, 0.3) is 10.9 Å². The molecule has 0 unspecified atom stereocenters. The van der Waals surface area contributed by atoms with Crippen molar-refractivity contribution in [3.8, 4) is 11.5 Å². The van der Waals surface area contributed by atoms with Gasteiger partial charge in [-0.2, -0.15) is 0 Å². The van der Waals surface area contributed by atoms with Crippen molar-refractivity contribution in [2.75, 3.05) is 33.0 Å². The molecule has 2 aromatic heterocycles. The molecular formula is C23H28N6O6. The van der Waals surface area contributed by atoms with Crippen LogP contribution in [0.1, 0.15) is 31.2 Å². The fourth-order valence-corrected chi connectivity index (χ4v) is 4.40. The standard InChI is InChI=1S/C23H28N6O6/c1-2-32-22(30)14-29-21(25-26-27-29)13-28(12-17-4-3-5-33-17)11-16-8-15-9-19-20(35-7-6-34-19)10-18(15)24-23(16)31/h8-10,17H,2-7,11-14H2,1H3,(H,24,31)/t17-/m0/s1. The Balaban J connectivity index is 1.40. The van der Waals surface area contributed by atoms with Crippen molar-refractivity contribution in [2.45, 2.75) is 45.5 Å². The maximum atomic E-state index is 13.0. The fraction of sp³-hybridized carbons (Fsp3) is 0.522. The summed E-state index contributed by atoms with van der Waals surface area (Å²) in [4.78, 5) is 30.0. The quantitative estimate of drug-likeness (QED) is 0.439. The minimum Gasteiger partial charge on any atom is -0.486 e. The first-order chi connectivity index (χ1) is 17.1. The molecule has 4 heterocycles. The molecule has 1 fully saturated rings. The van der Waals surface area contributed by atoms with Gasteiger partial charge >= 0.3 is 5.97 Å². The maximum absolute atomic E-state index is 13.0. The molecule has 5 rings (SSSR count). The number of aromatic nitrogens is 5. The van der Waals surface area contributed by atoms with Gasteiger partial charge in [0.2, 0.25) is 0 Å². The van der Waals surface area contributed by atoms with Crippen LogP contribution in [-0.4, -0.2) is 75.1 Å². The second-order valence-electron chi connectivity index (χ2n) is 8.57. The number of H-pyrrole nitrogens is 1. The van der Waals surface area contributed by atoms with Crippen molar-refractivity contribution in [1.29, 1.82) is 0 Å². The third-order valence-corrected chi connectivity index (χ3v) is 6.02. The smallest absolute Gasteiger partial charge is 0.327 e. The molecule has 0 saturated carbocycles. The van der Waals surface area contributed by atoms with Gasteiger partial charge in [0, 0.05) is 36.7 Å². The van der Waals surface area contributed by atoms with Gasteiger partial charge in [-0.1, -0.05) is 0 Å². The van der Waals surface area contributed by atoms with Crippen LogP contribution in [0.15, 0.2) is 23.0 Å². The number of hydrogen-bond acceptors (Lipinski definition) is 10. The first-order valence-corrected chi connectivity index (χ1v) is 11.8. The third kappa shape index (κ3) is 5.43. The van der Waals surface area contributed by atoms with E-state index in [0.29, 0.717) is 61.3 Å². The molecule has 0 spiro atoms. The number of aromatic amines is 1. The number of nitrogens with zero attached hydrogens (tertiary/aromatic N) is 5. The Morgan fingerprint density at radius 2 is 2.03 bits per heavy atom. The zero-order chi connectivity index (χ0) is 24.2. The van der Waals surface area contributed by atoms with Gasteiger partial charge < -0.3 is 23.9 Å². The molecule has 12 nitrogen and oxygen atoms in total. The van der Waals surface area contributed by atoms with E-state index in [2.05, 4.69) is 25.4 Å². The average Bonchev–Trinajstić information content (AvgIpc) is 3.51. The molecule has 0 aliphatic carbocycles. The van der Waals surface area contributed by atoms with Crippen LogP contribution in [0.4, 0.5) is 0 Å². The number of fused-ring (bicyclic) bond motifs is 2. The van der Waals surface area contributed by atoms with E-state index in [9.17, 15) is 9.59 Å². The van der Waals surface area contributed by atoms with Crippen LogP contribution in [0.3, 0.4) is 0 Å². The molecule has 0 radical (unpaired) electrons. The van der Waals surface area contributed by atoms with Crippen LogP contribution >= 0.6 is 0 Å². The molecule has 0 amide bonds. The Morgan fingerprint density at radius 3 is 2.80 bits per heavy atom.